The van der Waals surface area contributed by atoms with Gasteiger partial charge in [0.05, 0.1) is 18.2 Å². The lowest BCUT2D eigenvalue weighted by Gasteiger charge is -2.36. The van der Waals surface area contributed by atoms with Gasteiger partial charge in [0.25, 0.3) is 0 Å². The van der Waals surface area contributed by atoms with Gasteiger partial charge in [-0.1, -0.05) is 0 Å². The molecule has 9 heteroatoms. The van der Waals surface area contributed by atoms with Gasteiger partial charge in [-0.15, -0.1) is 0 Å². The largest absolute Gasteiger partial charge is 0.383 e. The zero-order valence-electron chi connectivity index (χ0n) is 13.3. The normalized spacial score (nSPS) is 16.8. The van der Waals surface area contributed by atoms with Crippen molar-refractivity contribution >= 4 is 22.8 Å². The fourth-order valence-corrected chi connectivity index (χ4v) is 2.83. The van der Waals surface area contributed by atoms with E-state index >= 15 is 0 Å². The Kier molecular flexibility index (Phi) is 4.39. The Hall–Kier alpha value is -2.26. The number of hydrogen-bond donors (Lipinski definition) is 1. The molecule has 9 nitrogen and oxygen atoms in total. The van der Waals surface area contributed by atoms with E-state index in [4.69, 9.17) is 10.5 Å². The molecule has 124 valence electrons. The van der Waals surface area contributed by atoms with Crippen LogP contribution in [0.3, 0.4) is 0 Å². The van der Waals surface area contributed by atoms with Crippen LogP contribution in [0.4, 0.5) is 5.82 Å². The third kappa shape index (κ3) is 2.97. The Balaban J connectivity index is 1.70. The van der Waals surface area contributed by atoms with E-state index in [-0.39, 0.29) is 12.5 Å². The van der Waals surface area contributed by atoms with E-state index in [9.17, 15) is 4.79 Å². The Morgan fingerprint density at radius 3 is 2.78 bits per heavy atom. The van der Waals surface area contributed by atoms with Crippen molar-refractivity contribution in [3.8, 4) is 0 Å². The van der Waals surface area contributed by atoms with Crippen molar-refractivity contribution in [2.45, 2.75) is 6.04 Å². The quantitative estimate of drug-likeness (QED) is 0.770. The molecule has 23 heavy (non-hydrogen) atoms. The molecule has 0 radical (unpaired) electrons. The van der Waals surface area contributed by atoms with Crippen molar-refractivity contribution in [2.24, 2.45) is 12.8 Å². The molecule has 1 unspecified atom stereocenters. The van der Waals surface area contributed by atoms with Gasteiger partial charge in [0, 0.05) is 40.3 Å². The van der Waals surface area contributed by atoms with E-state index in [1.807, 2.05) is 7.05 Å². The van der Waals surface area contributed by atoms with Gasteiger partial charge in [-0.2, -0.15) is 5.10 Å². The number of carbonyl (C=O) groups excluding carboxylic acids is 1. The summed E-state index contributed by atoms with van der Waals surface area (Å²) in [5, 5.41) is 5.15. The summed E-state index contributed by atoms with van der Waals surface area (Å²) in [4.78, 5) is 24.8. The Morgan fingerprint density at radius 1 is 1.35 bits per heavy atom. The number of aryl methyl sites for hydroxylation is 1. The van der Waals surface area contributed by atoms with E-state index in [0.29, 0.717) is 26.2 Å². The third-order valence-corrected chi connectivity index (χ3v) is 4.06. The number of fused-ring (bicyclic) bond motifs is 1. The maximum absolute atomic E-state index is 12.2. The van der Waals surface area contributed by atoms with E-state index in [1.54, 1.807) is 29.2 Å². The van der Waals surface area contributed by atoms with Crippen LogP contribution in [0.2, 0.25) is 0 Å². The number of amides is 1. The first-order valence-electron chi connectivity index (χ1n) is 7.52. The minimum atomic E-state index is -0.601. The van der Waals surface area contributed by atoms with Gasteiger partial charge in [0.2, 0.25) is 5.91 Å². The summed E-state index contributed by atoms with van der Waals surface area (Å²) in [6.07, 6.45) is 3.32. The molecular formula is C14H21N7O2. The number of hydrogen-bond acceptors (Lipinski definition) is 7. The van der Waals surface area contributed by atoms with Crippen LogP contribution in [0, 0.1) is 0 Å². The number of anilines is 1. The molecule has 0 aromatic carbocycles. The molecule has 2 aromatic heterocycles. The van der Waals surface area contributed by atoms with Crippen molar-refractivity contribution in [1.29, 1.82) is 0 Å². The van der Waals surface area contributed by atoms with Crippen LogP contribution in [0.5, 0.6) is 0 Å². The number of carbonyl (C=O) groups is 1. The van der Waals surface area contributed by atoms with E-state index in [1.165, 1.54) is 0 Å². The molecule has 0 saturated carbocycles. The van der Waals surface area contributed by atoms with Crippen molar-refractivity contribution in [2.75, 3.05) is 44.8 Å². The van der Waals surface area contributed by atoms with Crippen LogP contribution in [0.25, 0.3) is 11.0 Å². The maximum Gasteiger partial charge on any atom is 0.241 e. The molecule has 2 N–H and O–H groups in total. The molecular weight excluding hydrogens is 298 g/mol. The summed E-state index contributed by atoms with van der Waals surface area (Å²) in [6, 6.07) is -0.601. The summed E-state index contributed by atoms with van der Waals surface area (Å²) in [7, 11) is 3.40. The monoisotopic (exact) mass is 319 g/mol. The summed E-state index contributed by atoms with van der Waals surface area (Å²) in [5.41, 5.74) is 6.62. The second kappa shape index (κ2) is 6.47. The predicted octanol–water partition coefficient (Wildman–Crippen LogP) is -1.01. The number of nitrogens with zero attached hydrogens (tertiary/aromatic N) is 6. The van der Waals surface area contributed by atoms with Crippen LogP contribution >= 0.6 is 0 Å². The van der Waals surface area contributed by atoms with Gasteiger partial charge >= 0.3 is 0 Å². The summed E-state index contributed by atoms with van der Waals surface area (Å²) < 4.78 is 6.67. The van der Waals surface area contributed by atoms with Gasteiger partial charge in [-0.3, -0.25) is 9.48 Å². The summed E-state index contributed by atoms with van der Waals surface area (Å²) >= 11 is 0. The van der Waals surface area contributed by atoms with Crippen LogP contribution in [-0.4, -0.2) is 76.5 Å². The SMILES string of the molecule is COCC(N)C(=O)N1CCN(c2ncnc3c2cnn3C)CC1. The topological polar surface area (TPSA) is 102 Å². The maximum atomic E-state index is 12.2. The zero-order chi connectivity index (χ0) is 16.4. The molecule has 1 saturated heterocycles. The second-order valence-electron chi connectivity index (χ2n) is 5.58. The number of rotatable bonds is 4. The molecule has 0 spiro atoms. The minimum absolute atomic E-state index is 0.0688. The highest BCUT2D eigenvalue weighted by Gasteiger charge is 2.26. The van der Waals surface area contributed by atoms with Crippen LogP contribution in [0.1, 0.15) is 0 Å². The van der Waals surface area contributed by atoms with E-state index in [0.717, 1.165) is 16.9 Å². The average Bonchev–Trinajstić information content (AvgIpc) is 2.96. The van der Waals surface area contributed by atoms with Crippen molar-refractivity contribution < 1.29 is 9.53 Å². The molecule has 3 rings (SSSR count). The fourth-order valence-electron chi connectivity index (χ4n) is 2.83. The van der Waals surface area contributed by atoms with Gasteiger partial charge < -0.3 is 20.3 Å². The molecule has 1 amide bonds. The lowest BCUT2D eigenvalue weighted by molar-refractivity contribution is -0.134. The first-order chi connectivity index (χ1) is 11.1. The van der Waals surface area contributed by atoms with Gasteiger partial charge in [-0.25, -0.2) is 9.97 Å². The molecule has 3 heterocycles. The Labute approximate surface area is 134 Å². The number of methoxy groups -OCH3 is 1. The second-order valence-corrected chi connectivity index (χ2v) is 5.58. The number of ether oxygens (including phenoxy) is 1. The molecule has 1 atom stereocenters. The molecule has 1 aliphatic rings. The van der Waals surface area contributed by atoms with Crippen LogP contribution in [0.15, 0.2) is 12.5 Å². The highest BCUT2D eigenvalue weighted by molar-refractivity contribution is 5.87. The highest BCUT2D eigenvalue weighted by atomic mass is 16.5. The van der Waals surface area contributed by atoms with Crippen LogP contribution in [-0.2, 0) is 16.6 Å². The highest BCUT2D eigenvalue weighted by Crippen LogP contribution is 2.23. The number of aromatic nitrogens is 4. The smallest absolute Gasteiger partial charge is 0.241 e. The van der Waals surface area contributed by atoms with Gasteiger partial charge in [0.1, 0.15) is 18.2 Å². The molecule has 0 bridgehead atoms. The van der Waals surface area contributed by atoms with Crippen LogP contribution < -0.4 is 10.6 Å². The van der Waals surface area contributed by atoms with Gasteiger partial charge in [0.15, 0.2) is 5.65 Å². The number of piperazine rings is 1. The standard InChI is InChI=1S/C14H21N7O2/c1-19-12-10(7-18-19)13(17-9-16-12)20-3-5-21(6-4-20)14(22)11(15)8-23-2/h7,9,11H,3-6,8,15H2,1-2H3. The molecule has 0 aliphatic carbocycles. The minimum Gasteiger partial charge on any atom is -0.383 e. The van der Waals surface area contributed by atoms with Crippen molar-refractivity contribution in [3.05, 3.63) is 12.5 Å². The molecule has 1 aliphatic heterocycles. The Morgan fingerprint density at radius 2 is 2.09 bits per heavy atom. The summed E-state index contributed by atoms with van der Waals surface area (Å²) in [6.45, 7) is 2.87. The summed E-state index contributed by atoms with van der Waals surface area (Å²) in [5.74, 6) is 0.789. The lowest BCUT2D eigenvalue weighted by atomic mass is 10.2. The molecule has 1 fully saturated rings. The third-order valence-electron chi connectivity index (χ3n) is 4.06. The average molecular weight is 319 g/mol. The Bertz CT molecular complexity index is 693. The zero-order valence-corrected chi connectivity index (χ0v) is 13.3. The van der Waals surface area contributed by atoms with E-state index < -0.39 is 6.04 Å². The number of nitrogens with two attached hydrogens (primary N) is 1. The lowest BCUT2D eigenvalue weighted by Crippen LogP contribution is -2.54. The van der Waals surface area contributed by atoms with E-state index in [2.05, 4.69) is 20.0 Å². The first kappa shape index (κ1) is 15.6. The van der Waals surface area contributed by atoms with Crippen molar-refractivity contribution in [1.82, 2.24) is 24.6 Å². The predicted molar refractivity (Wildman–Crippen MR) is 84.9 cm³/mol. The van der Waals surface area contributed by atoms with Crippen molar-refractivity contribution in [3.63, 3.8) is 0 Å². The van der Waals surface area contributed by atoms with Gasteiger partial charge in [-0.05, 0) is 0 Å². The fraction of sp³-hybridized carbons (Fsp3) is 0.571. The molecule has 2 aromatic rings. The first-order valence-corrected chi connectivity index (χ1v) is 7.52.